The molecular formula is C26H30F2N4O4. The van der Waals surface area contributed by atoms with E-state index in [-0.39, 0.29) is 25.5 Å². The second kappa shape index (κ2) is 12.2. The lowest BCUT2D eigenvalue weighted by Gasteiger charge is -2.31. The van der Waals surface area contributed by atoms with E-state index in [1.54, 1.807) is 30.3 Å². The second-order valence-electron chi connectivity index (χ2n) is 8.74. The molecule has 0 aliphatic carbocycles. The smallest absolute Gasteiger partial charge is 0.262 e. The van der Waals surface area contributed by atoms with Crippen LogP contribution in [0.25, 0.3) is 0 Å². The van der Waals surface area contributed by atoms with Gasteiger partial charge in [0.2, 0.25) is 5.91 Å². The molecule has 0 spiro atoms. The minimum atomic E-state index is -0.550. The van der Waals surface area contributed by atoms with Crippen molar-refractivity contribution in [2.45, 2.75) is 12.5 Å². The number of nitrogens with zero attached hydrogens (tertiary/aromatic N) is 4. The van der Waals surface area contributed by atoms with Crippen molar-refractivity contribution in [3.63, 3.8) is 0 Å². The first kappa shape index (κ1) is 25.9. The molecule has 192 valence electrons. The van der Waals surface area contributed by atoms with E-state index < -0.39 is 23.6 Å². The van der Waals surface area contributed by atoms with Gasteiger partial charge in [0, 0.05) is 45.3 Å². The van der Waals surface area contributed by atoms with Gasteiger partial charge in [-0.1, -0.05) is 30.3 Å². The zero-order valence-electron chi connectivity index (χ0n) is 20.2. The highest BCUT2D eigenvalue weighted by Gasteiger charge is 2.35. The van der Waals surface area contributed by atoms with Gasteiger partial charge >= 0.3 is 0 Å². The monoisotopic (exact) mass is 500 g/mol. The van der Waals surface area contributed by atoms with Gasteiger partial charge in [-0.15, -0.1) is 0 Å². The number of hydrazone groups is 1. The van der Waals surface area contributed by atoms with Gasteiger partial charge < -0.3 is 14.4 Å². The van der Waals surface area contributed by atoms with Crippen LogP contribution >= 0.6 is 0 Å². The van der Waals surface area contributed by atoms with Crippen LogP contribution in [0.3, 0.4) is 0 Å². The summed E-state index contributed by atoms with van der Waals surface area (Å²) in [6.45, 7) is 3.35. The Morgan fingerprint density at radius 3 is 2.53 bits per heavy atom. The third-order valence-corrected chi connectivity index (χ3v) is 6.34. The zero-order valence-corrected chi connectivity index (χ0v) is 20.2. The highest BCUT2D eigenvalue weighted by atomic mass is 19.1. The molecule has 0 aromatic heterocycles. The number of methoxy groups -OCH3 is 1. The average Bonchev–Trinajstić information content (AvgIpc) is 3.33. The van der Waals surface area contributed by atoms with E-state index in [2.05, 4.69) is 10.0 Å². The minimum Gasteiger partial charge on any atom is -0.379 e. The molecule has 8 nitrogen and oxygen atoms in total. The van der Waals surface area contributed by atoms with Crippen molar-refractivity contribution in [3.8, 4) is 0 Å². The summed E-state index contributed by atoms with van der Waals surface area (Å²) in [6.07, 6.45) is 0.262. The number of carbonyl (C=O) groups excluding carboxylic acids is 2. The van der Waals surface area contributed by atoms with Gasteiger partial charge in [0.15, 0.2) is 0 Å². The maximum absolute atomic E-state index is 14.5. The molecule has 0 bridgehead atoms. The molecule has 36 heavy (non-hydrogen) atoms. The average molecular weight is 501 g/mol. The third kappa shape index (κ3) is 6.31. The Kier molecular flexibility index (Phi) is 8.74. The van der Waals surface area contributed by atoms with E-state index in [0.717, 1.165) is 13.1 Å². The van der Waals surface area contributed by atoms with Crippen LogP contribution in [0.1, 0.15) is 23.6 Å². The molecule has 1 fully saturated rings. The number of carbonyl (C=O) groups is 2. The maximum atomic E-state index is 14.5. The highest BCUT2D eigenvalue weighted by molar-refractivity contribution is 6.03. The fourth-order valence-corrected chi connectivity index (χ4v) is 4.37. The first-order chi connectivity index (χ1) is 17.5. The van der Waals surface area contributed by atoms with Crippen LogP contribution < -0.4 is 0 Å². The van der Waals surface area contributed by atoms with E-state index in [1.807, 2.05) is 0 Å². The van der Waals surface area contributed by atoms with Gasteiger partial charge in [0.05, 0.1) is 25.0 Å². The van der Waals surface area contributed by atoms with Crippen LogP contribution in [0.5, 0.6) is 0 Å². The normalized spacial score (nSPS) is 18.2. The van der Waals surface area contributed by atoms with Crippen molar-refractivity contribution in [2.24, 2.45) is 5.10 Å². The van der Waals surface area contributed by atoms with Crippen LogP contribution in [0, 0.1) is 11.6 Å². The molecule has 1 saturated heterocycles. The maximum Gasteiger partial charge on any atom is 0.262 e. The van der Waals surface area contributed by atoms with Gasteiger partial charge in [-0.25, -0.2) is 13.8 Å². The number of morpholine rings is 1. The molecule has 2 aliphatic heterocycles. The van der Waals surface area contributed by atoms with E-state index >= 15 is 0 Å². The lowest BCUT2D eigenvalue weighted by atomic mass is 9.98. The van der Waals surface area contributed by atoms with Crippen LogP contribution in [0.15, 0.2) is 53.6 Å². The first-order valence-electron chi connectivity index (χ1n) is 11.9. The van der Waals surface area contributed by atoms with Crippen molar-refractivity contribution in [1.29, 1.82) is 0 Å². The second-order valence-corrected chi connectivity index (χ2v) is 8.74. The number of halogens is 2. The molecule has 10 heteroatoms. The Labute approximate surface area is 209 Å². The van der Waals surface area contributed by atoms with Gasteiger partial charge in [0.25, 0.3) is 5.91 Å². The molecule has 2 aromatic carbocycles. The fraction of sp³-hybridized carbons (Fsp3) is 0.423. The predicted octanol–water partition coefficient (Wildman–Crippen LogP) is 2.45. The number of hydrogen-bond acceptors (Lipinski definition) is 6. The quantitative estimate of drug-likeness (QED) is 0.529. The van der Waals surface area contributed by atoms with E-state index in [1.165, 1.54) is 35.2 Å². The summed E-state index contributed by atoms with van der Waals surface area (Å²) in [4.78, 5) is 29.9. The fourth-order valence-electron chi connectivity index (χ4n) is 4.37. The molecule has 0 unspecified atom stereocenters. The summed E-state index contributed by atoms with van der Waals surface area (Å²) < 4.78 is 38.5. The number of benzene rings is 2. The van der Waals surface area contributed by atoms with E-state index in [0.29, 0.717) is 43.1 Å². The largest absolute Gasteiger partial charge is 0.379 e. The summed E-state index contributed by atoms with van der Waals surface area (Å²) in [5.41, 5.74) is 1.39. The summed E-state index contributed by atoms with van der Waals surface area (Å²) in [5, 5.41) is 5.77. The van der Waals surface area contributed by atoms with Crippen molar-refractivity contribution < 1.29 is 27.8 Å². The Morgan fingerprint density at radius 2 is 1.83 bits per heavy atom. The summed E-state index contributed by atoms with van der Waals surface area (Å²) >= 11 is 0. The number of ether oxygens (including phenoxy) is 2. The summed E-state index contributed by atoms with van der Waals surface area (Å²) in [6, 6.07) is 11.5. The van der Waals surface area contributed by atoms with Crippen LogP contribution in [-0.2, 0) is 19.1 Å². The van der Waals surface area contributed by atoms with Crippen molar-refractivity contribution in [3.05, 3.63) is 71.3 Å². The van der Waals surface area contributed by atoms with Gasteiger partial charge in [-0.2, -0.15) is 5.10 Å². The molecular weight excluding hydrogens is 470 g/mol. The summed E-state index contributed by atoms with van der Waals surface area (Å²) in [5.74, 6) is -1.56. The standard InChI is InChI=1S/C26H30F2N4O4/c1-35-18-26(34)31(11-10-30-12-14-36-15-13-30)17-25(33)32-24(19-6-8-20(27)9-7-19)16-23(29-32)21-4-2-3-5-22(21)28/h2-9,24H,10-18H2,1H3/t24-/m1/s1. The minimum absolute atomic E-state index is 0.151. The lowest BCUT2D eigenvalue weighted by Crippen LogP contribution is -2.47. The molecule has 0 radical (unpaired) electrons. The first-order valence-corrected chi connectivity index (χ1v) is 11.9. The molecule has 0 saturated carbocycles. The van der Waals surface area contributed by atoms with Crippen molar-refractivity contribution in [1.82, 2.24) is 14.8 Å². The Hall–Kier alpha value is -3.21. The highest BCUT2D eigenvalue weighted by Crippen LogP contribution is 2.33. The Bertz CT molecular complexity index is 1090. The van der Waals surface area contributed by atoms with Gasteiger partial charge in [0.1, 0.15) is 24.8 Å². The van der Waals surface area contributed by atoms with Gasteiger partial charge in [-0.3, -0.25) is 14.5 Å². The SMILES string of the molecule is COCC(=O)N(CCN1CCOCC1)CC(=O)N1N=C(c2ccccc2F)C[C@@H]1c1ccc(F)cc1. The van der Waals surface area contributed by atoms with Crippen LogP contribution in [-0.4, -0.2) is 92.0 Å². The van der Waals surface area contributed by atoms with Crippen LogP contribution in [0.2, 0.25) is 0 Å². The Morgan fingerprint density at radius 1 is 1.11 bits per heavy atom. The molecule has 2 aliphatic rings. The van der Waals surface area contributed by atoms with E-state index in [4.69, 9.17) is 9.47 Å². The third-order valence-electron chi connectivity index (χ3n) is 6.34. The number of hydrogen-bond donors (Lipinski definition) is 0. The molecule has 1 atom stereocenters. The molecule has 4 rings (SSSR count). The topological polar surface area (TPSA) is 74.7 Å². The zero-order chi connectivity index (χ0) is 25.5. The van der Waals surface area contributed by atoms with Crippen molar-refractivity contribution >= 4 is 17.5 Å². The molecule has 2 aromatic rings. The summed E-state index contributed by atoms with van der Waals surface area (Å²) in [7, 11) is 1.43. The van der Waals surface area contributed by atoms with Crippen molar-refractivity contribution in [2.75, 3.05) is 59.7 Å². The number of amides is 2. The molecule has 0 N–H and O–H groups in total. The Balaban J connectivity index is 1.55. The predicted molar refractivity (Wildman–Crippen MR) is 129 cm³/mol. The molecule has 2 heterocycles. The van der Waals surface area contributed by atoms with Crippen LogP contribution in [0.4, 0.5) is 8.78 Å². The number of rotatable bonds is 9. The molecule has 2 amide bonds. The van der Waals surface area contributed by atoms with Gasteiger partial charge in [-0.05, 0) is 23.8 Å². The van der Waals surface area contributed by atoms with E-state index in [9.17, 15) is 18.4 Å². The lowest BCUT2D eigenvalue weighted by molar-refractivity contribution is -0.143.